The number of hydrogen-bond acceptors (Lipinski definition) is 3. The maximum absolute atomic E-state index is 12.5. The van der Waals surface area contributed by atoms with Crippen molar-refractivity contribution in [1.82, 2.24) is 4.90 Å². The van der Waals surface area contributed by atoms with Gasteiger partial charge in [0.15, 0.2) is 0 Å². The van der Waals surface area contributed by atoms with Crippen molar-refractivity contribution in [2.75, 3.05) is 18.4 Å². The third-order valence-electron chi connectivity index (χ3n) is 3.67. The van der Waals surface area contributed by atoms with Crippen LogP contribution in [0.15, 0.2) is 18.2 Å². The van der Waals surface area contributed by atoms with Crippen molar-refractivity contribution in [2.45, 2.75) is 31.7 Å². The average molecular weight is 381 g/mol. The molecule has 0 bridgehead atoms. The largest absolute Gasteiger partial charge is 0.331 e. The zero-order chi connectivity index (χ0) is 16.1. The van der Waals surface area contributed by atoms with E-state index in [9.17, 15) is 9.59 Å². The Morgan fingerprint density at radius 3 is 2.70 bits per heavy atom. The number of hydrogen-bond donors (Lipinski definition) is 2. The minimum absolute atomic E-state index is 0. The first kappa shape index (κ1) is 20.0. The first-order valence-electron chi connectivity index (χ1n) is 7.28. The molecule has 1 unspecified atom stereocenters. The number of amides is 2. The fraction of sp³-hybridized carbons (Fsp3) is 0.467. The molecule has 0 saturated carbocycles. The van der Waals surface area contributed by atoms with Crippen LogP contribution in [-0.4, -0.2) is 35.8 Å². The average Bonchev–Trinajstić information content (AvgIpc) is 2.50. The van der Waals surface area contributed by atoms with Crippen molar-refractivity contribution >= 4 is 53.1 Å². The predicted octanol–water partition coefficient (Wildman–Crippen LogP) is 3.08. The van der Waals surface area contributed by atoms with Crippen LogP contribution < -0.4 is 11.1 Å². The summed E-state index contributed by atoms with van der Waals surface area (Å²) < 4.78 is 0. The van der Waals surface area contributed by atoms with E-state index in [-0.39, 0.29) is 37.2 Å². The number of anilines is 1. The molecule has 0 aromatic heterocycles. The van der Waals surface area contributed by atoms with Gasteiger partial charge in [-0.1, -0.05) is 23.2 Å². The second-order valence-electron chi connectivity index (χ2n) is 5.25. The molecular formula is C15H20Cl3N3O2. The van der Waals surface area contributed by atoms with Gasteiger partial charge in [0, 0.05) is 24.5 Å². The molecule has 5 nitrogen and oxygen atoms in total. The molecule has 1 aromatic carbocycles. The SMILES string of the molecule is Cl.NCCC(=O)N1CCCCC1C(=O)Nc1ccc(Cl)cc1Cl. The van der Waals surface area contributed by atoms with Crippen molar-refractivity contribution < 1.29 is 9.59 Å². The van der Waals surface area contributed by atoms with Crippen LogP contribution in [0, 0.1) is 0 Å². The Hall–Kier alpha value is -1.01. The molecule has 1 saturated heterocycles. The van der Waals surface area contributed by atoms with Gasteiger partial charge in [0.05, 0.1) is 10.7 Å². The van der Waals surface area contributed by atoms with Crippen molar-refractivity contribution in [1.29, 1.82) is 0 Å². The first-order chi connectivity index (χ1) is 10.5. The van der Waals surface area contributed by atoms with Crippen molar-refractivity contribution in [3.05, 3.63) is 28.2 Å². The molecule has 23 heavy (non-hydrogen) atoms. The zero-order valence-electron chi connectivity index (χ0n) is 12.6. The minimum atomic E-state index is -0.473. The number of likely N-dealkylation sites (tertiary alicyclic amines) is 1. The quantitative estimate of drug-likeness (QED) is 0.843. The Morgan fingerprint density at radius 2 is 2.04 bits per heavy atom. The van der Waals surface area contributed by atoms with Crippen molar-refractivity contribution in [3.63, 3.8) is 0 Å². The molecule has 0 aliphatic carbocycles. The van der Waals surface area contributed by atoms with Gasteiger partial charge in [-0.2, -0.15) is 0 Å². The fourth-order valence-electron chi connectivity index (χ4n) is 2.58. The molecule has 1 aliphatic rings. The van der Waals surface area contributed by atoms with Gasteiger partial charge in [0.2, 0.25) is 11.8 Å². The molecule has 128 valence electrons. The van der Waals surface area contributed by atoms with Gasteiger partial charge in [-0.05, 0) is 37.5 Å². The number of carbonyl (C=O) groups is 2. The van der Waals surface area contributed by atoms with Crippen LogP contribution in [0.25, 0.3) is 0 Å². The summed E-state index contributed by atoms with van der Waals surface area (Å²) in [5.74, 6) is -0.307. The summed E-state index contributed by atoms with van der Waals surface area (Å²) in [7, 11) is 0. The number of rotatable bonds is 4. The third-order valence-corrected chi connectivity index (χ3v) is 4.22. The van der Waals surface area contributed by atoms with E-state index < -0.39 is 6.04 Å². The lowest BCUT2D eigenvalue weighted by atomic mass is 10.0. The monoisotopic (exact) mass is 379 g/mol. The van der Waals surface area contributed by atoms with Crippen LogP contribution in [-0.2, 0) is 9.59 Å². The molecule has 1 fully saturated rings. The highest BCUT2D eigenvalue weighted by molar-refractivity contribution is 6.36. The summed E-state index contributed by atoms with van der Waals surface area (Å²) in [5, 5.41) is 3.65. The van der Waals surface area contributed by atoms with E-state index in [1.807, 2.05) is 0 Å². The van der Waals surface area contributed by atoms with E-state index in [0.29, 0.717) is 28.7 Å². The number of carbonyl (C=O) groups excluding carboxylic acids is 2. The van der Waals surface area contributed by atoms with Crippen LogP contribution in [0.1, 0.15) is 25.7 Å². The molecule has 8 heteroatoms. The van der Waals surface area contributed by atoms with E-state index in [4.69, 9.17) is 28.9 Å². The molecule has 1 atom stereocenters. The summed E-state index contributed by atoms with van der Waals surface area (Å²) in [6.45, 7) is 0.873. The Bertz CT molecular complexity index is 569. The number of benzene rings is 1. The lowest BCUT2D eigenvalue weighted by Crippen LogP contribution is -2.50. The predicted molar refractivity (Wildman–Crippen MR) is 95.4 cm³/mol. The third kappa shape index (κ3) is 5.24. The summed E-state index contributed by atoms with van der Waals surface area (Å²) >= 11 is 11.9. The number of piperidine rings is 1. The lowest BCUT2D eigenvalue weighted by Gasteiger charge is -2.34. The standard InChI is InChI=1S/C15H19Cl2N3O2.ClH/c16-10-4-5-12(11(17)9-10)19-15(22)13-3-1-2-8-20(13)14(21)6-7-18;/h4-5,9,13H,1-3,6-8,18H2,(H,19,22);1H. The Labute approximate surface area is 151 Å². The summed E-state index contributed by atoms with van der Waals surface area (Å²) in [6, 6.07) is 4.40. The minimum Gasteiger partial charge on any atom is -0.331 e. The maximum Gasteiger partial charge on any atom is 0.247 e. The summed E-state index contributed by atoms with van der Waals surface area (Å²) in [6.07, 6.45) is 2.72. The summed E-state index contributed by atoms with van der Waals surface area (Å²) in [5.41, 5.74) is 5.93. The maximum atomic E-state index is 12.5. The summed E-state index contributed by atoms with van der Waals surface area (Å²) in [4.78, 5) is 26.2. The van der Waals surface area contributed by atoms with Gasteiger partial charge in [-0.25, -0.2) is 0 Å². The lowest BCUT2D eigenvalue weighted by molar-refractivity contribution is -0.140. The molecule has 0 spiro atoms. The highest BCUT2D eigenvalue weighted by Gasteiger charge is 2.31. The van der Waals surface area contributed by atoms with Crippen LogP contribution in [0.2, 0.25) is 10.0 Å². The van der Waals surface area contributed by atoms with Crippen molar-refractivity contribution in [3.8, 4) is 0 Å². The second-order valence-corrected chi connectivity index (χ2v) is 6.09. The van der Waals surface area contributed by atoms with Crippen LogP contribution in [0.4, 0.5) is 5.69 Å². The van der Waals surface area contributed by atoms with E-state index in [1.165, 1.54) is 0 Å². The molecule has 2 rings (SSSR count). The molecule has 2 amide bonds. The second kappa shape index (κ2) is 9.33. The molecule has 1 aromatic rings. The zero-order valence-corrected chi connectivity index (χ0v) is 14.9. The number of nitrogens with two attached hydrogens (primary N) is 1. The molecule has 3 N–H and O–H groups in total. The smallest absolute Gasteiger partial charge is 0.247 e. The highest BCUT2D eigenvalue weighted by atomic mass is 35.5. The van der Waals surface area contributed by atoms with Crippen LogP contribution >= 0.6 is 35.6 Å². The topological polar surface area (TPSA) is 75.4 Å². The van der Waals surface area contributed by atoms with Gasteiger partial charge in [0.1, 0.15) is 6.04 Å². The van der Waals surface area contributed by atoms with E-state index in [1.54, 1.807) is 23.1 Å². The number of nitrogens with zero attached hydrogens (tertiary/aromatic N) is 1. The van der Waals surface area contributed by atoms with Gasteiger partial charge in [-0.3, -0.25) is 9.59 Å². The van der Waals surface area contributed by atoms with Gasteiger partial charge >= 0.3 is 0 Å². The molecular weight excluding hydrogens is 361 g/mol. The van der Waals surface area contributed by atoms with E-state index in [0.717, 1.165) is 12.8 Å². The van der Waals surface area contributed by atoms with Gasteiger partial charge in [-0.15, -0.1) is 12.4 Å². The van der Waals surface area contributed by atoms with Gasteiger partial charge < -0.3 is 16.0 Å². The van der Waals surface area contributed by atoms with Gasteiger partial charge in [0.25, 0.3) is 0 Å². The fourth-order valence-corrected chi connectivity index (χ4v) is 3.03. The first-order valence-corrected chi connectivity index (χ1v) is 8.04. The molecule has 1 heterocycles. The Kier molecular flexibility index (Phi) is 8.12. The molecule has 0 radical (unpaired) electrons. The van der Waals surface area contributed by atoms with Crippen LogP contribution in [0.3, 0.4) is 0 Å². The Morgan fingerprint density at radius 1 is 1.30 bits per heavy atom. The van der Waals surface area contributed by atoms with E-state index in [2.05, 4.69) is 5.32 Å². The molecule has 1 aliphatic heterocycles. The van der Waals surface area contributed by atoms with E-state index >= 15 is 0 Å². The van der Waals surface area contributed by atoms with Crippen molar-refractivity contribution in [2.24, 2.45) is 5.73 Å². The number of halogens is 3. The van der Waals surface area contributed by atoms with Crippen LogP contribution in [0.5, 0.6) is 0 Å². The number of nitrogens with one attached hydrogen (secondary N) is 1. The highest BCUT2D eigenvalue weighted by Crippen LogP contribution is 2.27. The Balaban J connectivity index is 0.00000264. The normalized spacial score (nSPS) is 17.3.